The number of hydrogen-bond acceptors (Lipinski definition) is 1. The lowest BCUT2D eigenvalue weighted by Gasteiger charge is -2.39. The van der Waals surface area contributed by atoms with Crippen LogP contribution in [0.5, 0.6) is 0 Å². The van der Waals surface area contributed by atoms with Crippen LogP contribution >= 0.6 is 0 Å². The molecule has 5 atom stereocenters. The molecule has 0 heterocycles. The summed E-state index contributed by atoms with van der Waals surface area (Å²) >= 11 is 0. The molecule has 0 radical (unpaired) electrons. The molecule has 2 fully saturated rings. The van der Waals surface area contributed by atoms with E-state index in [1.807, 2.05) is 6.26 Å². The van der Waals surface area contributed by atoms with E-state index in [4.69, 9.17) is 4.74 Å². The van der Waals surface area contributed by atoms with E-state index in [-0.39, 0.29) is 0 Å². The maximum atomic E-state index is 5.28. The second-order valence-corrected chi connectivity index (χ2v) is 5.74. The smallest absolute Gasteiger partial charge is 0.0825 e. The molecule has 3 aliphatic rings. The Morgan fingerprint density at radius 1 is 1.47 bits per heavy atom. The van der Waals surface area contributed by atoms with Crippen LogP contribution in [0, 0.1) is 29.1 Å². The quantitative estimate of drug-likeness (QED) is 0.470. The van der Waals surface area contributed by atoms with Crippen LogP contribution in [-0.2, 0) is 4.74 Å². The minimum atomic E-state index is 0.458. The Kier molecular flexibility index (Phi) is 1.84. The minimum absolute atomic E-state index is 0.458. The van der Waals surface area contributed by atoms with Gasteiger partial charge in [-0.05, 0) is 41.6 Å². The van der Waals surface area contributed by atoms with Crippen LogP contribution in [0.4, 0.5) is 0 Å². The molecule has 0 aromatic rings. The molecule has 0 aliphatic heterocycles. The summed E-state index contributed by atoms with van der Waals surface area (Å²) < 4.78 is 5.28. The zero-order valence-electron chi connectivity index (χ0n) is 9.86. The fourth-order valence-corrected chi connectivity index (χ4v) is 4.27. The zero-order chi connectivity index (χ0) is 10.6. The Morgan fingerprint density at radius 2 is 2.27 bits per heavy atom. The van der Waals surface area contributed by atoms with Gasteiger partial charge in [0.15, 0.2) is 0 Å². The van der Waals surface area contributed by atoms with E-state index in [0.717, 1.165) is 17.8 Å². The van der Waals surface area contributed by atoms with Crippen LogP contribution in [0.3, 0.4) is 0 Å². The second kappa shape index (κ2) is 2.90. The van der Waals surface area contributed by atoms with Gasteiger partial charge in [0.1, 0.15) is 0 Å². The molecule has 0 bridgehead atoms. The van der Waals surface area contributed by atoms with Crippen molar-refractivity contribution in [1.29, 1.82) is 0 Å². The molecule has 0 saturated heterocycles. The van der Waals surface area contributed by atoms with Crippen molar-refractivity contribution in [2.24, 2.45) is 29.1 Å². The lowest BCUT2D eigenvalue weighted by Crippen LogP contribution is -2.32. The Morgan fingerprint density at radius 3 is 2.87 bits per heavy atom. The van der Waals surface area contributed by atoms with Crippen molar-refractivity contribution < 1.29 is 4.74 Å². The van der Waals surface area contributed by atoms with Gasteiger partial charge in [0.2, 0.25) is 0 Å². The minimum Gasteiger partial charge on any atom is -0.504 e. The third-order valence-electron chi connectivity index (χ3n) is 5.09. The summed E-state index contributed by atoms with van der Waals surface area (Å²) in [5.41, 5.74) is 2.03. The van der Waals surface area contributed by atoms with Crippen LogP contribution in [0.15, 0.2) is 24.0 Å². The van der Waals surface area contributed by atoms with Gasteiger partial charge >= 0.3 is 0 Å². The first-order valence-corrected chi connectivity index (χ1v) is 6.10. The van der Waals surface area contributed by atoms with E-state index < -0.39 is 0 Å². The van der Waals surface area contributed by atoms with Crippen molar-refractivity contribution in [2.75, 3.05) is 7.11 Å². The van der Waals surface area contributed by atoms with Gasteiger partial charge in [0.25, 0.3) is 0 Å². The average molecular weight is 204 g/mol. The van der Waals surface area contributed by atoms with E-state index in [1.165, 1.54) is 12.8 Å². The predicted molar refractivity (Wildman–Crippen MR) is 61.2 cm³/mol. The van der Waals surface area contributed by atoms with Crippen molar-refractivity contribution in [3.8, 4) is 0 Å². The van der Waals surface area contributed by atoms with Gasteiger partial charge in [-0.2, -0.15) is 0 Å². The maximum Gasteiger partial charge on any atom is 0.0825 e. The van der Waals surface area contributed by atoms with Crippen LogP contribution in [0.25, 0.3) is 0 Å². The van der Waals surface area contributed by atoms with Crippen molar-refractivity contribution in [2.45, 2.75) is 26.7 Å². The first-order valence-electron chi connectivity index (χ1n) is 6.10. The molecule has 82 valence electrons. The molecular weight excluding hydrogens is 184 g/mol. The normalized spacial score (nSPS) is 53.9. The number of fused-ring (bicyclic) bond motifs is 3. The van der Waals surface area contributed by atoms with Crippen LogP contribution in [0.1, 0.15) is 26.7 Å². The maximum absolute atomic E-state index is 5.28. The molecule has 0 amide bonds. The van der Waals surface area contributed by atoms with Crippen LogP contribution in [-0.4, -0.2) is 7.11 Å². The Hall–Kier alpha value is -0.720. The Balaban J connectivity index is 2.03. The van der Waals surface area contributed by atoms with Gasteiger partial charge < -0.3 is 4.74 Å². The highest BCUT2D eigenvalue weighted by atomic mass is 16.5. The summed E-state index contributed by atoms with van der Waals surface area (Å²) in [6.45, 7) is 4.84. The van der Waals surface area contributed by atoms with Gasteiger partial charge in [-0.3, -0.25) is 0 Å². The topological polar surface area (TPSA) is 9.23 Å². The van der Waals surface area contributed by atoms with Crippen molar-refractivity contribution in [3.05, 3.63) is 24.0 Å². The molecule has 15 heavy (non-hydrogen) atoms. The van der Waals surface area contributed by atoms with Crippen molar-refractivity contribution >= 4 is 0 Å². The SMILES string of the molecule is CO/C=C1/[C@@H]2[C@H](C)CC[C@@H]2[C@@]2(C)C=C[C@@H]12. The van der Waals surface area contributed by atoms with Crippen LogP contribution < -0.4 is 0 Å². The molecule has 0 spiro atoms. The van der Waals surface area contributed by atoms with E-state index in [1.54, 1.807) is 12.7 Å². The molecule has 3 aliphatic carbocycles. The summed E-state index contributed by atoms with van der Waals surface area (Å²) in [6, 6.07) is 0. The zero-order valence-corrected chi connectivity index (χ0v) is 9.86. The summed E-state index contributed by atoms with van der Waals surface area (Å²) in [7, 11) is 1.78. The summed E-state index contributed by atoms with van der Waals surface area (Å²) in [5.74, 6) is 3.19. The standard InChI is InChI=1S/C14H20O/c1-9-4-5-12-13(9)10(8-15-3)11-6-7-14(11,12)2/h6-9,11-13H,4-5H2,1-3H3/b10-8+/t9-,11+,12+,13+,14+/m1/s1. The summed E-state index contributed by atoms with van der Waals surface area (Å²) in [5, 5.41) is 0. The van der Waals surface area contributed by atoms with E-state index in [2.05, 4.69) is 26.0 Å². The monoisotopic (exact) mass is 204 g/mol. The van der Waals surface area contributed by atoms with Gasteiger partial charge in [0, 0.05) is 5.92 Å². The molecule has 0 N–H and O–H groups in total. The molecular formula is C14H20O. The first-order chi connectivity index (χ1) is 7.18. The van der Waals surface area contributed by atoms with E-state index in [9.17, 15) is 0 Å². The fourth-order valence-electron chi connectivity index (χ4n) is 4.27. The number of methoxy groups -OCH3 is 1. The predicted octanol–water partition coefficient (Wildman–Crippen LogP) is 3.38. The van der Waals surface area contributed by atoms with Crippen molar-refractivity contribution in [1.82, 2.24) is 0 Å². The number of hydrogen-bond donors (Lipinski definition) is 0. The third kappa shape index (κ3) is 0.992. The third-order valence-corrected chi connectivity index (χ3v) is 5.09. The lowest BCUT2D eigenvalue weighted by atomic mass is 9.65. The highest BCUT2D eigenvalue weighted by Crippen LogP contribution is 2.66. The summed E-state index contributed by atoms with van der Waals surface area (Å²) in [4.78, 5) is 0. The van der Waals surface area contributed by atoms with Gasteiger partial charge in [-0.1, -0.05) is 26.0 Å². The number of allylic oxidation sites excluding steroid dienone is 3. The second-order valence-electron chi connectivity index (χ2n) is 5.74. The van der Waals surface area contributed by atoms with E-state index >= 15 is 0 Å². The molecule has 0 aromatic heterocycles. The first kappa shape index (κ1) is 9.50. The highest BCUT2D eigenvalue weighted by molar-refractivity contribution is 5.39. The number of ether oxygens (including phenoxy) is 1. The van der Waals surface area contributed by atoms with E-state index in [0.29, 0.717) is 11.3 Å². The molecule has 0 unspecified atom stereocenters. The lowest BCUT2D eigenvalue weighted by molar-refractivity contribution is 0.217. The molecule has 2 saturated carbocycles. The largest absolute Gasteiger partial charge is 0.504 e. The highest BCUT2D eigenvalue weighted by Gasteiger charge is 2.59. The summed E-state index contributed by atoms with van der Waals surface area (Å²) in [6.07, 6.45) is 9.63. The Bertz CT molecular complexity index is 341. The fraction of sp³-hybridized carbons (Fsp3) is 0.714. The molecule has 1 heteroatoms. The molecule has 1 nitrogen and oxygen atoms in total. The van der Waals surface area contributed by atoms with Gasteiger partial charge in [0.05, 0.1) is 13.4 Å². The number of rotatable bonds is 1. The van der Waals surface area contributed by atoms with Gasteiger partial charge in [-0.25, -0.2) is 0 Å². The van der Waals surface area contributed by atoms with Crippen molar-refractivity contribution in [3.63, 3.8) is 0 Å². The van der Waals surface area contributed by atoms with Gasteiger partial charge in [-0.15, -0.1) is 0 Å². The van der Waals surface area contributed by atoms with Crippen LogP contribution in [0.2, 0.25) is 0 Å². The average Bonchev–Trinajstić information content (AvgIpc) is 2.62. The molecule has 3 rings (SSSR count). The Labute approximate surface area is 92.2 Å². The molecule has 0 aromatic carbocycles.